The molecule has 1 aromatic rings. The van der Waals surface area contributed by atoms with E-state index in [1.807, 2.05) is 6.20 Å². The molecular formula is C13H20N2O. The van der Waals surface area contributed by atoms with Crippen LogP contribution in [0.4, 0.5) is 0 Å². The van der Waals surface area contributed by atoms with Gasteiger partial charge in [0.2, 0.25) is 0 Å². The molecule has 16 heavy (non-hydrogen) atoms. The van der Waals surface area contributed by atoms with E-state index in [-0.39, 0.29) is 0 Å². The van der Waals surface area contributed by atoms with E-state index in [1.165, 1.54) is 32.1 Å². The first-order valence-corrected chi connectivity index (χ1v) is 6.57. The highest BCUT2D eigenvalue weighted by molar-refractivity contribution is 5.02. The number of nitrogens with zero attached hydrogens (tertiary/aromatic N) is 1. The summed E-state index contributed by atoms with van der Waals surface area (Å²) in [6.45, 7) is 2.28. The number of rotatable bonds is 3. The molecule has 2 aliphatic rings. The van der Waals surface area contributed by atoms with Gasteiger partial charge in [0.15, 0.2) is 5.89 Å². The Morgan fingerprint density at radius 1 is 1.25 bits per heavy atom. The fourth-order valence-corrected chi connectivity index (χ4v) is 2.73. The zero-order valence-electron chi connectivity index (χ0n) is 9.74. The molecule has 0 radical (unpaired) electrons. The van der Waals surface area contributed by atoms with Crippen molar-refractivity contribution in [1.82, 2.24) is 10.3 Å². The molecule has 0 amide bonds. The standard InChI is InChI=1S/C13H20N2O/c1-2-4-11(5-3-1)13-15-9-12(16-13)6-10-7-14-8-10/h9-11,14H,1-8H2. The Kier molecular flexibility index (Phi) is 2.96. The van der Waals surface area contributed by atoms with Crippen molar-refractivity contribution in [3.05, 3.63) is 17.8 Å². The predicted octanol–water partition coefficient (Wildman–Crippen LogP) is 2.48. The molecule has 0 aromatic carbocycles. The summed E-state index contributed by atoms with van der Waals surface area (Å²) in [5.74, 6) is 3.46. The van der Waals surface area contributed by atoms with Crippen LogP contribution >= 0.6 is 0 Å². The lowest BCUT2D eigenvalue weighted by atomic mass is 9.89. The molecule has 3 nitrogen and oxygen atoms in total. The largest absolute Gasteiger partial charge is 0.445 e. The van der Waals surface area contributed by atoms with E-state index >= 15 is 0 Å². The Hall–Kier alpha value is -0.830. The minimum Gasteiger partial charge on any atom is -0.445 e. The molecule has 3 heteroatoms. The van der Waals surface area contributed by atoms with E-state index in [1.54, 1.807) is 0 Å². The van der Waals surface area contributed by atoms with Gasteiger partial charge in [0.1, 0.15) is 5.76 Å². The number of hydrogen-bond donors (Lipinski definition) is 1. The summed E-state index contributed by atoms with van der Waals surface area (Å²) in [6.07, 6.45) is 9.62. The minimum absolute atomic E-state index is 0.599. The summed E-state index contributed by atoms with van der Waals surface area (Å²) < 4.78 is 5.89. The Balaban J connectivity index is 1.61. The molecule has 0 unspecified atom stereocenters. The third kappa shape index (κ3) is 2.14. The SMILES string of the molecule is c1nc(C2CCCCC2)oc1CC1CNC1. The van der Waals surface area contributed by atoms with Crippen molar-refractivity contribution in [2.45, 2.75) is 44.4 Å². The van der Waals surface area contributed by atoms with Gasteiger partial charge in [-0.25, -0.2) is 4.98 Å². The van der Waals surface area contributed by atoms with Gasteiger partial charge in [-0.1, -0.05) is 19.3 Å². The van der Waals surface area contributed by atoms with Crippen LogP contribution in [0, 0.1) is 5.92 Å². The summed E-state index contributed by atoms with van der Waals surface area (Å²) >= 11 is 0. The second-order valence-corrected chi connectivity index (χ2v) is 5.23. The monoisotopic (exact) mass is 220 g/mol. The van der Waals surface area contributed by atoms with Gasteiger partial charge < -0.3 is 9.73 Å². The average molecular weight is 220 g/mol. The summed E-state index contributed by atoms with van der Waals surface area (Å²) in [6, 6.07) is 0. The Labute approximate surface area is 96.6 Å². The molecule has 1 saturated heterocycles. The molecule has 1 N–H and O–H groups in total. The Morgan fingerprint density at radius 3 is 2.75 bits per heavy atom. The molecule has 0 atom stereocenters. The highest BCUT2D eigenvalue weighted by Crippen LogP contribution is 2.32. The van der Waals surface area contributed by atoms with Crippen molar-refractivity contribution in [2.75, 3.05) is 13.1 Å². The van der Waals surface area contributed by atoms with Crippen LogP contribution in [0.1, 0.15) is 49.7 Å². The molecule has 1 aliphatic carbocycles. The van der Waals surface area contributed by atoms with E-state index in [0.717, 1.165) is 37.1 Å². The van der Waals surface area contributed by atoms with Gasteiger partial charge in [0, 0.05) is 12.3 Å². The Morgan fingerprint density at radius 2 is 2.06 bits per heavy atom. The summed E-state index contributed by atoms with van der Waals surface area (Å²) in [7, 11) is 0. The van der Waals surface area contributed by atoms with Gasteiger partial charge in [-0.2, -0.15) is 0 Å². The molecule has 1 saturated carbocycles. The summed E-state index contributed by atoms with van der Waals surface area (Å²) in [5.41, 5.74) is 0. The molecular weight excluding hydrogens is 200 g/mol. The normalized spacial score (nSPS) is 23.2. The first-order valence-electron chi connectivity index (χ1n) is 6.57. The molecule has 88 valence electrons. The number of hydrogen-bond acceptors (Lipinski definition) is 3. The van der Waals surface area contributed by atoms with E-state index < -0.39 is 0 Å². The van der Waals surface area contributed by atoms with Crippen LogP contribution in [0.5, 0.6) is 0 Å². The van der Waals surface area contributed by atoms with Crippen LogP contribution in [0.2, 0.25) is 0 Å². The second-order valence-electron chi connectivity index (χ2n) is 5.23. The van der Waals surface area contributed by atoms with Crippen molar-refractivity contribution in [2.24, 2.45) is 5.92 Å². The van der Waals surface area contributed by atoms with Crippen molar-refractivity contribution >= 4 is 0 Å². The van der Waals surface area contributed by atoms with Crippen molar-refractivity contribution in [3.63, 3.8) is 0 Å². The van der Waals surface area contributed by atoms with Crippen LogP contribution in [-0.2, 0) is 6.42 Å². The van der Waals surface area contributed by atoms with E-state index in [2.05, 4.69) is 10.3 Å². The van der Waals surface area contributed by atoms with Crippen LogP contribution in [-0.4, -0.2) is 18.1 Å². The van der Waals surface area contributed by atoms with Crippen LogP contribution in [0.3, 0.4) is 0 Å². The number of nitrogens with one attached hydrogen (secondary N) is 1. The maximum Gasteiger partial charge on any atom is 0.197 e. The predicted molar refractivity (Wildman–Crippen MR) is 62.4 cm³/mol. The van der Waals surface area contributed by atoms with Crippen LogP contribution in [0.15, 0.2) is 10.6 Å². The quantitative estimate of drug-likeness (QED) is 0.850. The molecule has 0 spiro atoms. The molecule has 1 aliphatic heterocycles. The fraction of sp³-hybridized carbons (Fsp3) is 0.769. The van der Waals surface area contributed by atoms with E-state index in [0.29, 0.717) is 5.92 Å². The lowest BCUT2D eigenvalue weighted by Crippen LogP contribution is -2.42. The van der Waals surface area contributed by atoms with Gasteiger partial charge in [-0.15, -0.1) is 0 Å². The average Bonchev–Trinajstić information content (AvgIpc) is 2.73. The first kappa shape index (κ1) is 10.3. The van der Waals surface area contributed by atoms with Crippen molar-refractivity contribution < 1.29 is 4.42 Å². The zero-order chi connectivity index (χ0) is 10.8. The lowest BCUT2D eigenvalue weighted by Gasteiger charge is -2.25. The highest BCUT2D eigenvalue weighted by Gasteiger charge is 2.22. The molecule has 1 aromatic heterocycles. The molecule has 2 fully saturated rings. The zero-order valence-corrected chi connectivity index (χ0v) is 9.74. The Bertz CT molecular complexity index is 337. The summed E-state index contributed by atoms with van der Waals surface area (Å²) in [5, 5.41) is 3.29. The molecule has 2 heterocycles. The lowest BCUT2D eigenvalue weighted by molar-refractivity contribution is 0.305. The van der Waals surface area contributed by atoms with E-state index in [9.17, 15) is 0 Å². The molecule has 3 rings (SSSR count). The first-order chi connectivity index (χ1) is 7.92. The van der Waals surface area contributed by atoms with Crippen molar-refractivity contribution in [3.8, 4) is 0 Å². The maximum atomic E-state index is 5.89. The van der Waals surface area contributed by atoms with Gasteiger partial charge in [0.25, 0.3) is 0 Å². The van der Waals surface area contributed by atoms with Crippen LogP contribution in [0.25, 0.3) is 0 Å². The molecule has 0 bridgehead atoms. The fourth-order valence-electron chi connectivity index (χ4n) is 2.73. The topological polar surface area (TPSA) is 38.1 Å². The van der Waals surface area contributed by atoms with Crippen LogP contribution < -0.4 is 5.32 Å². The minimum atomic E-state index is 0.599. The van der Waals surface area contributed by atoms with E-state index in [4.69, 9.17) is 4.42 Å². The van der Waals surface area contributed by atoms with Gasteiger partial charge in [-0.05, 0) is 31.8 Å². The number of aromatic nitrogens is 1. The number of oxazole rings is 1. The maximum absolute atomic E-state index is 5.89. The summed E-state index contributed by atoms with van der Waals surface area (Å²) in [4.78, 5) is 4.46. The van der Waals surface area contributed by atoms with Gasteiger partial charge >= 0.3 is 0 Å². The van der Waals surface area contributed by atoms with Gasteiger partial charge in [0.05, 0.1) is 6.20 Å². The van der Waals surface area contributed by atoms with Crippen molar-refractivity contribution in [1.29, 1.82) is 0 Å². The highest BCUT2D eigenvalue weighted by atomic mass is 16.4. The second kappa shape index (κ2) is 4.58. The smallest absolute Gasteiger partial charge is 0.197 e. The third-order valence-electron chi connectivity index (χ3n) is 3.88. The van der Waals surface area contributed by atoms with Gasteiger partial charge in [-0.3, -0.25) is 0 Å². The third-order valence-corrected chi connectivity index (χ3v) is 3.88.